The quantitative estimate of drug-likeness (QED) is 0.193. The number of aryl methyl sites for hydroxylation is 1. The average Bonchev–Trinajstić information content (AvgIpc) is 3.50. The van der Waals surface area contributed by atoms with Crippen LogP contribution in [-0.4, -0.2) is 94.2 Å². The number of amides is 2. The van der Waals surface area contributed by atoms with Crippen LogP contribution in [0, 0.1) is 29.1 Å². The van der Waals surface area contributed by atoms with E-state index in [0.29, 0.717) is 19.3 Å². The second kappa shape index (κ2) is 15.8. The first-order chi connectivity index (χ1) is 28.7. The molecule has 2 amide bonds. The summed E-state index contributed by atoms with van der Waals surface area (Å²) in [5.74, 6) is -0.199. The third-order valence-corrected chi connectivity index (χ3v) is 15.0. The Morgan fingerprint density at radius 1 is 1.15 bits per heavy atom. The molecule has 2 saturated carbocycles. The molecule has 2 aliphatic carbocycles. The van der Waals surface area contributed by atoms with E-state index in [4.69, 9.17) is 19.4 Å². The third-order valence-electron chi connectivity index (χ3n) is 14.2. The van der Waals surface area contributed by atoms with Gasteiger partial charge in [-0.1, -0.05) is 39.8 Å². The Kier molecular flexibility index (Phi) is 10.8. The van der Waals surface area contributed by atoms with E-state index in [1.807, 2.05) is 6.20 Å². The summed E-state index contributed by atoms with van der Waals surface area (Å²) in [4.78, 5) is 54.6. The lowest BCUT2D eigenvalue weighted by molar-refractivity contribution is -0.171. The van der Waals surface area contributed by atoms with Gasteiger partial charge in [-0.15, -0.1) is 11.3 Å². The molecule has 4 aliphatic heterocycles. The Morgan fingerprint density at radius 2 is 1.93 bits per heavy atom. The molecule has 2 saturated heterocycles. The van der Waals surface area contributed by atoms with Gasteiger partial charge in [-0.05, 0) is 99.2 Å². The number of carbonyl (C=O) groups is 3. The lowest BCUT2D eigenvalue weighted by atomic mass is 9.73. The van der Waals surface area contributed by atoms with E-state index in [2.05, 4.69) is 105 Å². The van der Waals surface area contributed by atoms with Crippen LogP contribution in [0.2, 0.25) is 0 Å². The van der Waals surface area contributed by atoms with E-state index in [1.165, 1.54) is 16.9 Å². The van der Waals surface area contributed by atoms with Gasteiger partial charge in [0.1, 0.15) is 12.1 Å². The van der Waals surface area contributed by atoms with Crippen molar-refractivity contribution in [2.75, 3.05) is 33.9 Å². The lowest BCUT2D eigenvalue weighted by Crippen LogP contribution is -2.71. The molecular formula is C47H59N7O5S. The number of esters is 1. The van der Waals surface area contributed by atoms with Crippen molar-refractivity contribution in [3.8, 4) is 22.5 Å². The third kappa shape index (κ3) is 7.39. The normalized spacial score (nSPS) is 28.4. The summed E-state index contributed by atoms with van der Waals surface area (Å²) < 4.78 is 14.6. The minimum absolute atomic E-state index is 0.0424. The number of nitrogens with one attached hydrogen (secondary N) is 2. The van der Waals surface area contributed by atoms with Gasteiger partial charge in [0.25, 0.3) is 5.91 Å². The van der Waals surface area contributed by atoms with E-state index in [0.717, 1.165) is 81.3 Å². The van der Waals surface area contributed by atoms with Crippen molar-refractivity contribution >= 4 is 45.6 Å². The Hall–Kier alpha value is -4.43. The number of cyclic esters (lactones) is 1. The van der Waals surface area contributed by atoms with Crippen molar-refractivity contribution in [3.63, 3.8) is 0 Å². The highest BCUT2D eigenvalue weighted by Crippen LogP contribution is 2.46. The van der Waals surface area contributed by atoms with Crippen LogP contribution in [0.3, 0.4) is 0 Å². The fourth-order valence-electron chi connectivity index (χ4n) is 10.0. The van der Waals surface area contributed by atoms with E-state index in [-0.39, 0.29) is 66.6 Å². The fourth-order valence-corrected chi connectivity index (χ4v) is 10.9. The molecule has 5 atom stereocenters. The largest absolute Gasteiger partial charge is 0.464 e. The molecule has 13 heteroatoms. The Morgan fingerprint density at radius 3 is 2.63 bits per heavy atom. The van der Waals surface area contributed by atoms with Gasteiger partial charge in [0.05, 0.1) is 34.8 Å². The highest BCUT2D eigenvalue weighted by Gasteiger charge is 2.53. The maximum Gasteiger partial charge on any atom is 0.325 e. The van der Waals surface area contributed by atoms with Crippen molar-refractivity contribution in [1.29, 1.82) is 0 Å². The Labute approximate surface area is 357 Å². The number of hydrogen-bond acceptors (Lipinski definition) is 10. The predicted molar refractivity (Wildman–Crippen MR) is 234 cm³/mol. The molecule has 12 nitrogen and oxygen atoms in total. The summed E-state index contributed by atoms with van der Waals surface area (Å²) in [5.41, 5.74) is 12.3. The molecule has 3 aromatic heterocycles. The zero-order valence-electron chi connectivity index (χ0n) is 36.2. The molecule has 6 aliphatic rings. The van der Waals surface area contributed by atoms with Crippen molar-refractivity contribution in [2.24, 2.45) is 29.1 Å². The van der Waals surface area contributed by atoms with Crippen molar-refractivity contribution in [1.82, 2.24) is 35.2 Å². The Bertz CT molecular complexity index is 2370. The molecule has 4 aromatic rings. The molecule has 1 aromatic carbocycles. The van der Waals surface area contributed by atoms with Gasteiger partial charge in [0, 0.05) is 84.1 Å². The highest BCUT2D eigenvalue weighted by atomic mass is 32.1. The number of hydrazine groups is 1. The van der Waals surface area contributed by atoms with Gasteiger partial charge < -0.3 is 24.3 Å². The SMILES string of the molecule is CCn1c(-c2cc(C3=CCN(C)CC3)cnc2C(C)OC)c2c3cc(ccc31)-c1csc(n1)CC(NC(=O)C1C(C)C1C)C(=O)N1NC(C(=O)OCC(C)(C)C2)C2CC1C2. The molecule has 8 bridgehead atoms. The number of carbonyl (C=O) groups excluding carboxylic acids is 3. The number of rotatable bonds is 7. The predicted octanol–water partition coefficient (Wildman–Crippen LogP) is 6.82. The number of aromatic nitrogens is 3. The molecule has 2 N–H and O–H groups in total. The molecule has 318 valence electrons. The van der Waals surface area contributed by atoms with E-state index < -0.39 is 17.5 Å². The van der Waals surface area contributed by atoms with Crippen LogP contribution in [0.15, 0.2) is 41.9 Å². The smallest absolute Gasteiger partial charge is 0.325 e. The van der Waals surface area contributed by atoms with Crippen molar-refractivity contribution in [2.45, 2.75) is 104 Å². The molecule has 10 rings (SSSR count). The molecule has 0 spiro atoms. The minimum Gasteiger partial charge on any atom is -0.464 e. The van der Waals surface area contributed by atoms with Gasteiger partial charge in [-0.3, -0.25) is 24.4 Å². The number of likely N-dealkylation sites (N-methyl/N-ethyl adjacent to an activating group) is 1. The van der Waals surface area contributed by atoms with Crippen LogP contribution in [0.5, 0.6) is 0 Å². The van der Waals surface area contributed by atoms with Crippen molar-refractivity contribution < 1.29 is 23.9 Å². The van der Waals surface area contributed by atoms with Crippen LogP contribution in [0.4, 0.5) is 0 Å². The van der Waals surface area contributed by atoms with E-state index in [1.54, 1.807) is 12.1 Å². The number of pyridine rings is 1. The fraction of sp³-hybridized carbons (Fsp3) is 0.553. The number of hydrogen-bond donors (Lipinski definition) is 2. The minimum atomic E-state index is -0.829. The second-order valence-corrected chi connectivity index (χ2v) is 19.8. The van der Waals surface area contributed by atoms with E-state index >= 15 is 0 Å². The standard InChI is InChI=1S/C47H59N7O5S/c1-9-53-38-11-10-29-18-33(38)35(43(53)34-19-31(22-48-41(34)27(4)58-8)28-12-14-52(7)15-13-28)21-47(5,6)24-59-46(57)42-30-16-32(17-30)54(51-42)45(56)36(20-39-49-37(29)23-60-39)50-44(55)40-25(2)26(40)3/h10-12,18-19,22-23,25-27,30,32,36,40,42,51H,9,13-17,20-21,24H2,1-8H3,(H,50,55). The summed E-state index contributed by atoms with van der Waals surface area (Å²) in [6, 6.07) is 7.36. The number of fused-ring (bicyclic) bond motifs is 4. The summed E-state index contributed by atoms with van der Waals surface area (Å²) in [5, 5.41) is 8.66. The van der Waals surface area contributed by atoms with Crippen LogP contribution < -0.4 is 10.7 Å². The number of methoxy groups -OCH3 is 1. The topological polar surface area (TPSA) is 131 Å². The molecule has 0 radical (unpaired) electrons. The average molecular weight is 834 g/mol. The molecule has 5 unspecified atom stereocenters. The van der Waals surface area contributed by atoms with Crippen LogP contribution >= 0.6 is 11.3 Å². The summed E-state index contributed by atoms with van der Waals surface area (Å²) >= 11 is 1.50. The zero-order valence-corrected chi connectivity index (χ0v) is 37.0. The van der Waals surface area contributed by atoms with Crippen molar-refractivity contribution in [3.05, 3.63) is 63.7 Å². The number of nitrogens with zero attached hydrogens (tertiary/aromatic N) is 5. The molecular weight excluding hydrogens is 775 g/mol. The van der Waals surface area contributed by atoms with Crippen LogP contribution in [0.25, 0.3) is 39.0 Å². The summed E-state index contributed by atoms with van der Waals surface area (Å²) in [6.45, 7) is 15.5. The Balaban J connectivity index is 1.18. The maximum absolute atomic E-state index is 14.4. The summed E-state index contributed by atoms with van der Waals surface area (Å²) in [7, 11) is 3.88. The number of thiazole rings is 1. The maximum atomic E-state index is 14.4. The van der Waals surface area contributed by atoms with Crippen LogP contribution in [0.1, 0.15) is 88.7 Å². The highest BCUT2D eigenvalue weighted by molar-refractivity contribution is 7.10. The van der Waals surface area contributed by atoms with E-state index in [9.17, 15) is 14.4 Å². The van der Waals surface area contributed by atoms with Gasteiger partial charge in [0.2, 0.25) is 5.91 Å². The van der Waals surface area contributed by atoms with Gasteiger partial charge >= 0.3 is 5.97 Å². The first-order valence-electron chi connectivity index (χ1n) is 21.8. The monoisotopic (exact) mass is 833 g/mol. The zero-order chi connectivity index (χ0) is 42.2. The van der Waals surface area contributed by atoms with Gasteiger partial charge in [-0.25, -0.2) is 10.4 Å². The van der Waals surface area contributed by atoms with Crippen LogP contribution in [-0.2, 0) is 43.2 Å². The summed E-state index contributed by atoms with van der Waals surface area (Å²) in [6.07, 6.45) is 7.32. The first-order valence-corrected chi connectivity index (χ1v) is 22.7. The molecule has 4 fully saturated rings. The van der Waals surface area contributed by atoms with Gasteiger partial charge in [-0.2, -0.15) is 0 Å². The first kappa shape index (κ1) is 40.9. The second-order valence-electron chi connectivity index (χ2n) is 18.9. The lowest BCUT2D eigenvalue weighted by Gasteiger charge is -2.53. The number of benzene rings is 1. The number of ether oxygens (including phenoxy) is 2. The molecule has 7 heterocycles. The van der Waals surface area contributed by atoms with Gasteiger partial charge in [0.15, 0.2) is 0 Å². The molecule has 60 heavy (non-hydrogen) atoms.